The highest BCUT2D eigenvalue weighted by Crippen LogP contribution is 2.45. The van der Waals surface area contributed by atoms with Crippen LogP contribution in [0.25, 0.3) is 5.69 Å². The molecular weight excluding hydrogens is 368 g/mol. The van der Waals surface area contributed by atoms with E-state index in [1.165, 1.54) is 47.6 Å². The van der Waals surface area contributed by atoms with Gasteiger partial charge in [-0.25, -0.2) is 18.7 Å². The van der Waals surface area contributed by atoms with Crippen LogP contribution in [0, 0.1) is 5.82 Å². The number of aromatic nitrogens is 4. The summed E-state index contributed by atoms with van der Waals surface area (Å²) < 4.78 is 29.1. The molecule has 0 radical (unpaired) electrons. The summed E-state index contributed by atoms with van der Waals surface area (Å²) >= 11 is 0. The van der Waals surface area contributed by atoms with Gasteiger partial charge in [0.15, 0.2) is 0 Å². The lowest BCUT2D eigenvalue weighted by atomic mass is 9.65. The summed E-state index contributed by atoms with van der Waals surface area (Å²) in [7, 11) is 0. The van der Waals surface area contributed by atoms with E-state index < -0.39 is 23.0 Å². The number of hydrogen-bond acceptors (Lipinski definition) is 6. The maximum Gasteiger partial charge on any atom is 0.258 e. The highest BCUT2D eigenvalue weighted by atomic mass is 19.1. The third kappa shape index (κ3) is 3.30. The number of halogens is 2. The molecule has 0 atom stereocenters. The summed E-state index contributed by atoms with van der Waals surface area (Å²) in [5.41, 5.74) is -0.504. The number of hydrogen-bond donors (Lipinski definition) is 2. The number of aromatic hydroxyl groups is 1. The fourth-order valence-corrected chi connectivity index (χ4v) is 3.45. The second kappa shape index (κ2) is 6.99. The molecule has 0 saturated heterocycles. The average Bonchev–Trinajstić information content (AvgIpc) is 2.65. The average molecular weight is 385 g/mol. The van der Waals surface area contributed by atoms with Gasteiger partial charge in [-0.3, -0.25) is 14.3 Å². The predicted molar refractivity (Wildman–Crippen MR) is 97.8 cm³/mol. The second-order valence-corrected chi connectivity index (χ2v) is 6.83. The minimum Gasteiger partial charge on any atom is -0.508 e. The molecule has 3 heterocycles. The quantitative estimate of drug-likeness (QED) is 0.700. The van der Waals surface area contributed by atoms with Gasteiger partial charge < -0.3 is 10.4 Å². The van der Waals surface area contributed by atoms with Crippen molar-refractivity contribution in [1.29, 1.82) is 0 Å². The Balaban J connectivity index is 1.51. The van der Waals surface area contributed by atoms with Gasteiger partial charge in [-0.2, -0.15) is 0 Å². The smallest absolute Gasteiger partial charge is 0.258 e. The van der Waals surface area contributed by atoms with Gasteiger partial charge in [-0.1, -0.05) is 0 Å². The van der Waals surface area contributed by atoms with Crippen LogP contribution in [0.4, 0.5) is 14.7 Å². The van der Waals surface area contributed by atoms with Crippen molar-refractivity contribution in [2.24, 2.45) is 0 Å². The molecule has 0 unspecified atom stereocenters. The van der Waals surface area contributed by atoms with Crippen molar-refractivity contribution in [2.45, 2.75) is 24.4 Å². The zero-order chi connectivity index (χ0) is 19.7. The zero-order valence-electron chi connectivity index (χ0n) is 14.7. The molecule has 1 aliphatic rings. The van der Waals surface area contributed by atoms with Gasteiger partial charge in [0.2, 0.25) is 5.95 Å². The normalized spacial score (nSPS) is 21.1. The zero-order valence-corrected chi connectivity index (χ0v) is 14.7. The fraction of sp³-hybridized carbons (Fsp3) is 0.263. The van der Waals surface area contributed by atoms with Crippen LogP contribution >= 0.6 is 0 Å². The molecule has 0 spiro atoms. The molecule has 3 aromatic rings. The standard InChI is InChI=1S/C19H17F2N5O2/c20-12-7-19(8-12,17-15(21)2-1-4-22-17)11-25-18-23-9-13(10-24-18)26-5-3-14(27)6-16(26)28/h1-6,9-10,12,27H,7-8,11H2,(H,23,24,25)/t12-,19-. The van der Waals surface area contributed by atoms with E-state index >= 15 is 0 Å². The highest BCUT2D eigenvalue weighted by Gasteiger charge is 2.48. The van der Waals surface area contributed by atoms with E-state index in [-0.39, 0.29) is 36.8 Å². The summed E-state index contributed by atoms with van der Waals surface area (Å²) in [5, 5.41) is 12.3. The molecule has 0 amide bonds. The first kappa shape index (κ1) is 18.0. The first-order chi connectivity index (χ1) is 13.5. The minimum absolute atomic E-state index is 0.126. The number of nitrogens with zero attached hydrogens (tertiary/aromatic N) is 4. The Morgan fingerprint density at radius 1 is 1.25 bits per heavy atom. The number of nitrogens with one attached hydrogen (secondary N) is 1. The summed E-state index contributed by atoms with van der Waals surface area (Å²) in [5.74, 6) is -0.313. The first-order valence-corrected chi connectivity index (χ1v) is 8.70. The van der Waals surface area contributed by atoms with Crippen molar-refractivity contribution >= 4 is 5.95 Å². The van der Waals surface area contributed by atoms with Crippen molar-refractivity contribution in [3.8, 4) is 11.4 Å². The van der Waals surface area contributed by atoms with Crippen molar-refractivity contribution < 1.29 is 13.9 Å². The van der Waals surface area contributed by atoms with E-state index in [1.54, 1.807) is 0 Å². The molecule has 0 aromatic carbocycles. The summed E-state index contributed by atoms with van der Waals surface area (Å²) in [6.45, 7) is 0.236. The summed E-state index contributed by atoms with van der Waals surface area (Å²) in [4.78, 5) is 24.3. The lowest BCUT2D eigenvalue weighted by Crippen LogP contribution is -2.49. The molecule has 28 heavy (non-hydrogen) atoms. The molecule has 7 nitrogen and oxygen atoms in total. The van der Waals surface area contributed by atoms with Gasteiger partial charge in [-0.05, 0) is 31.0 Å². The van der Waals surface area contributed by atoms with E-state index in [4.69, 9.17) is 0 Å². The molecular formula is C19H17F2N5O2. The van der Waals surface area contributed by atoms with Gasteiger partial charge >= 0.3 is 0 Å². The van der Waals surface area contributed by atoms with Gasteiger partial charge in [0.05, 0.1) is 23.8 Å². The van der Waals surface area contributed by atoms with E-state index in [9.17, 15) is 18.7 Å². The van der Waals surface area contributed by atoms with Crippen LogP contribution in [0.2, 0.25) is 0 Å². The molecule has 1 saturated carbocycles. The van der Waals surface area contributed by atoms with Crippen molar-refractivity contribution in [2.75, 3.05) is 11.9 Å². The topological polar surface area (TPSA) is 92.9 Å². The lowest BCUT2D eigenvalue weighted by molar-refractivity contribution is 0.0963. The maximum absolute atomic E-state index is 14.2. The third-order valence-corrected chi connectivity index (χ3v) is 4.89. The van der Waals surface area contributed by atoms with Crippen LogP contribution in [0.3, 0.4) is 0 Å². The Bertz CT molecular complexity index is 1050. The predicted octanol–water partition coefficient (Wildman–Crippen LogP) is 2.35. The van der Waals surface area contributed by atoms with Crippen LogP contribution in [0.15, 0.2) is 53.8 Å². The van der Waals surface area contributed by atoms with Gasteiger partial charge in [0, 0.05) is 30.4 Å². The van der Waals surface area contributed by atoms with E-state index in [1.807, 2.05) is 0 Å². The van der Waals surface area contributed by atoms with Gasteiger partial charge in [0.25, 0.3) is 5.56 Å². The Hall–Kier alpha value is -3.36. The fourth-order valence-electron chi connectivity index (χ4n) is 3.45. The van der Waals surface area contributed by atoms with Gasteiger partial charge in [0.1, 0.15) is 17.7 Å². The van der Waals surface area contributed by atoms with E-state index in [0.717, 1.165) is 6.07 Å². The molecule has 2 N–H and O–H groups in total. The van der Waals surface area contributed by atoms with Gasteiger partial charge in [-0.15, -0.1) is 0 Å². The van der Waals surface area contributed by atoms with Crippen LogP contribution in [0.5, 0.6) is 5.75 Å². The number of alkyl halides is 1. The number of rotatable bonds is 5. The summed E-state index contributed by atoms with van der Waals surface area (Å²) in [6, 6.07) is 5.28. The van der Waals surface area contributed by atoms with E-state index in [2.05, 4.69) is 20.3 Å². The Kier molecular flexibility index (Phi) is 4.50. The Labute approximate surface area is 158 Å². The van der Waals surface area contributed by atoms with Crippen molar-refractivity contribution in [3.05, 3.63) is 70.9 Å². The third-order valence-electron chi connectivity index (χ3n) is 4.89. The van der Waals surface area contributed by atoms with Crippen LogP contribution in [0.1, 0.15) is 18.5 Å². The Morgan fingerprint density at radius 3 is 2.64 bits per heavy atom. The minimum atomic E-state index is -0.993. The molecule has 3 aromatic heterocycles. The molecule has 1 aliphatic carbocycles. The molecule has 9 heteroatoms. The van der Waals surface area contributed by atoms with Crippen LogP contribution in [-0.4, -0.2) is 37.3 Å². The monoisotopic (exact) mass is 385 g/mol. The number of anilines is 1. The Morgan fingerprint density at radius 2 is 2.00 bits per heavy atom. The SMILES string of the molecule is O=c1cc(O)ccn1-c1cnc(NC[C@]2(c3ncccc3F)C[C@H](F)C2)nc1. The molecule has 0 aliphatic heterocycles. The number of pyridine rings is 2. The van der Waals surface area contributed by atoms with Crippen molar-refractivity contribution in [3.63, 3.8) is 0 Å². The second-order valence-electron chi connectivity index (χ2n) is 6.83. The molecule has 144 valence electrons. The van der Waals surface area contributed by atoms with Crippen LogP contribution < -0.4 is 10.9 Å². The lowest BCUT2D eigenvalue weighted by Gasteiger charge is -2.43. The molecule has 0 bridgehead atoms. The summed E-state index contributed by atoms with van der Waals surface area (Å²) in [6.07, 6.45) is 5.16. The molecule has 4 rings (SSSR count). The highest BCUT2D eigenvalue weighted by molar-refractivity contribution is 5.36. The maximum atomic E-state index is 14.2. The first-order valence-electron chi connectivity index (χ1n) is 8.70. The largest absolute Gasteiger partial charge is 0.508 e. The van der Waals surface area contributed by atoms with E-state index in [0.29, 0.717) is 5.69 Å². The van der Waals surface area contributed by atoms with Crippen molar-refractivity contribution in [1.82, 2.24) is 19.5 Å². The van der Waals surface area contributed by atoms with Crippen LogP contribution in [-0.2, 0) is 5.41 Å². The molecule has 1 fully saturated rings.